The molecular weight excluding hydrogens is 360 g/mol. The maximum absolute atomic E-state index is 11.9. The van der Waals surface area contributed by atoms with Crippen LogP contribution in [0.25, 0.3) is 5.65 Å². The van der Waals surface area contributed by atoms with Crippen LogP contribution in [-0.4, -0.2) is 55.5 Å². The van der Waals surface area contributed by atoms with Crippen molar-refractivity contribution in [2.75, 3.05) is 29.9 Å². The zero-order valence-corrected chi connectivity index (χ0v) is 16.7. The van der Waals surface area contributed by atoms with Crippen LogP contribution in [0.15, 0.2) is 27.8 Å². The molecule has 0 amide bonds. The van der Waals surface area contributed by atoms with Crippen LogP contribution in [0.4, 0.5) is 11.6 Å². The van der Waals surface area contributed by atoms with Crippen molar-refractivity contribution in [1.82, 2.24) is 29.4 Å². The zero-order chi connectivity index (χ0) is 20.2. The molecule has 0 saturated carbocycles. The molecule has 1 aliphatic rings. The third-order valence-electron chi connectivity index (χ3n) is 5.16. The van der Waals surface area contributed by atoms with Crippen LogP contribution in [0.1, 0.15) is 26.6 Å². The van der Waals surface area contributed by atoms with E-state index in [1.165, 1.54) is 13.1 Å². The van der Waals surface area contributed by atoms with Gasteiger partial charge >= 0.3 is 5.69 Å². The highest BCUT2D eigenvalue weighted by molar-refractivity contribution is 5.50. The molecule has 1 saturated heterocycles. The van der Waals surface area contributed by atoms with Gasteiger partial charge in [0.1, 0.15) is 11.6 Å². The molecule has 10 nitrogen and oxygen atoms in total. The summed E-state index contributed by atoms with van der Waals surface area (Å²) in [6, 6.07) is 5.47. The van der Waals surface area contributed by atoms with E-state index in [4.69, 9.17) is 5.10 Å². The van der Waals surface area contributed by atoms with E-state index in [1.54, 1.807) is 4.52 Å². The van der Waals surface area contributed by atoms with Gasteiger partial charge in [0.15, 0.2) is 11.5 Å². The van der Waals surface area contributed by atoms with E-state index in [9.17, 15) is 9.59 Å². The number of hydrogen-bond acceptors (Lipinski definition) is 7. The normalized spacial score (nSPS) is 15.1. The molecule has 1 aliphatic heterocycles. The van der Waals surface area contributed by atoms with E-state index in [0.29, 0.717) is 5.82 Å². The lowest BCUT2D eigenvalue weighted by Crippen LogP contribution is -2.59. The molecule has 4 heterocycles. The summed E-state index contributed by atoms with van der Waals surface area (Å²) in [6.45, 7) is 7.71. The Labute approximate surface area is 161 Å². The average Bonchev–Trinajstić information content (AvgIpc) is 3.01. The van der Waals surface area contributed by atoms with Crippen molar-refractivity contribution in [1.29, 1.82) is 0 Å². The van der Waals surface area contributed by atoms with Gasteiger partial charge in [-0.1, -0.05) is 20.8 Å². The fraction of sp³-hybridized carbons (Fsp3) is 0.500. The zero-order valence-electron chi connectivity index (χ0n) is 16.7. The fourth-order valence-corrected chi connectivity index (χ4v) is 3.23. The van der Waals surface area contributed by atoms with E-state index in [0.717, 1.165) is 34.9 Å². The second-order valence-corrected chi connectivity index (χ2v) is 8.26. The van der Waals surface area contributed by atoms with Crippen molar-refractivity contribution >= 4 is 17.3 Å². The Morgan fingerprint density at radius 3 is 2.54 bits per heavy atom. The maximum atomic E-state index is 11.9. The van der Waals surface area contributed by atoms with Crippen molar-refractivity contribution in [3.05, 3.63) is 44.9 Å². The minimum absolute atomic E-state index is 0.159. The molecule has 148 valence electrons. The first kappa shape index (κ1) is 18.2. The molecule has 0 aromatic carbocycles. The highest BCUT2D eigenvalue weighted by Gasteiger charge is 2.32. The monoisotopic (exact) mass is 384 g/mol. The maximum Gasteiger partial charge on any atom is 0.329 e. The number of H-pyrrole nitrogens is 1. The Bertz CT molecular complexity index is 1120. The van der Waals surface area contributed by atoms with Gasteiger partial charge in [0.2, 0.25) is 0 Å². The van der Waals surface area contributed by atoms with E-state index in [1.807, 2.05) is 24.1 Å². The summed E-state index contributed by atoms with van der Waals surface area (Å²) >= 11 is 0. The first-order valence-electron chi connectivity index (χ1n) is 9.16. The summed E-state index contributed by atoms with van der Waals surface area (Å²) in [5, 5.41) is 13.2. The topological polar surface area (TPSA) is 104 Å². The molecule has 4 rings (SSSR count). The average molecular weight is 384 g/mol. The standard InChI is InChI=1S/C18H24N8O2/c1-18(2,3)16-21-20-12-6-7-13(22-26(12)16)25-9-11(10-25)23(4)14-8-15(27)24(5)17(28)19-14/h6-8,11H,9-10H2,1-5H3,(H,19,28). The third-order valence-corrected chi connectivity index (χ3v) is 5.16. The highest BCUT2D eigenvalue weighted by Crippen LogP contribution is 2.25. The summed E-state index contributed by atoms with van der Waals surface area (Å²) in [7, 11) is 3.33. The first-order chi connectivity index (χ1) is 13.1. The molecule has 3 aromatic heterocycles. The smallest absolute Gasteiger partial charge is 0.329 e. The minimum Gasteiger partial charge on any atom is -0.354 e. The predicted octanol–water partition coefficient (Wildman–Crippen LogP) is 0.134. The van der Waals surface area contributed by atoms with E-state index in [2.05, 4.69) is 40.9 Å². The molecule has 10 heteroatoms. The number of hydrogen-bond donors (Lipinski definition) is 1. The number of nitrogens with zero attached hydrogens (tertiary/aromatic N) is 7. The molecule has 0 spiro atoms. The van der Waals surface area contributed by atoms with Crippen molar-refractivity contribution < 1.29 is 0 Å². The summed E-state index contributed by atoms with van der Waals surface area (Å²) in [6.07, 6.45) is 0. The number of fused-ring (bicyclic) bond motifs is 1. The number of likely N-dealkylation sites (N-methyl/N-ethyl adjacent to an activating group) is 1. The Morgan fingerprint density at radius 1 is 1.18 bits per heavy atom. The Morgan fingerprint density at radius 2 is 1.89 bits per heavy atom. The number of rotatable bonds is 3. The minimum atomic E-state index is -0.417. The molecule has 28 heavy (non-hydrogen) atoms. The molecule has 0 bridgehead atoms. The Balaban J connectivity index is 1.54. The third kappa shape index (κ3) is 2.94. The SMILES string of the molecule is CN(c1cc(=O)n(C)c(=O)[nH]1)C1CN(c2ccc3nnc(C(C)(C)C)n3n2)C1. The largest absolute Gasteiger partial charge is 0.354 e. The van der Waals surface area contributed by atoms with Crippen LogP contribution < -0.4 is 21.0 Å². The Kier molecular flexibility index (Phi) is 4.02. The van der Waals surface area contributed by atoms with Gasteiger partial charge in [-0.25, -0.2) is 4.79 Å². The molecule has 1 fully saturated rings. The highest BCUT2D eigenvalue weighted by atomic mass is 16.2. The second-order valence-electron chi connectivity index (χ2n) is 8.26. The molecule has 0 aliphatic carbocycles. The summed E-state index contributed by atoms with van der Waals surface area (Å²) < 4.78 is 2.85. The van der Waals surface area contributed by atoms with Crippen LogP contribution in [0.5, 0.6) is 0 Å². The van der Waals surface area contributed by atoms with E-state index in [-0.39, 0.29) is 17.0 Å². The second kappa shape index (κ2) is 6.18. The molecule has 0 atom stereocenters. The molecule has 3 aromatic rings. The van der Waals surface area contributed by atoms with Gasteiger partial charge in [-0.3, -0.25) is 14.3 Å². The van der Waals surface area contributed by atoms with Crippen LogP contribution in [0.2, 0.25) is 0 Å². The summed E-state index contributed by atoms with van der Waals surface area (Å²) in [5.41, 5.74) is -0.176. The van der Waals surface area contributed by atoms with Gasteiger partial charge in [0.05, 0.1) is 6.04 Å². The quantitative estimate of drug-likeness (QED) is 0.685. The van der Waals surface area contributed by atoms with Crippen molar-refractivity contribution in [2.45, 2.75) is 32.2 Å². The first-order valence-corrected chi connectivity index (χ1v) is 9.16. The van der Waals surface area contributed by atoms with Gasteiger partial charge < -0.3 is 9.80 Å². The molecule has 0 radical (unpaired) electrons. The van der Waals surface area contributed by atoms with Crippen molar-refractivity contribution in [3.8, 4) is 0 Å². The van der Waals surface area contributed by atoms with Gasteiger partial charge in [-0.2, -0.15) is 4.52 Å². The van der Waals surface area contributed by atoms with Crippen molar-refractivity contribution in [2.24, 2.45) is 7.05 Å². The van der Waals surface area contributed by atoms with E-state index >= 15 is 0 Å². The lowest BCUT2D eigenvalue weighted by molar-refractivity contribution is 0.482. The van der Waals surface area contributed by atoms with Gasteiger partial charge in [-0.15, -0.1) is 15.3 Å². The Hall–Kier alpha value is -3.17. The fourth-order valence-electron chi connectivity index (χ4n) is 3.23. The molecule has 0 unspecified atom stereocenters. The number of aromatic amines is 1. The van der Waals surface area contributed by atoms with Gasteiger partial charge in [0.25, 0.3) is 5.56 Å². The number of aromatic nitrogens is 6. The van der Waals surface area contributed by atoms with Crippen LogP contribution >= 0.6 is 0 Å². The summed E-state index contributed by atoms with van der Waals surface area (Å²) in [4.78, 5) is 30.5. The summed E-state index contributed by atoms with van der Waals surface area (Å²) in [5.74, 6) is 2.19. The van der Waals surface area contributed by atoms with Crippen LogP contribution in [-0.2, 0) is 12.5 Å². The van der Waals surface area contributed by atoms with Gasteiger partial charge in [-0.05, 0) is 12.1 Å². The van der Waals surface area contributed by atoms with E-state index < -0.39 is 5.69 Å². The molecule has 1 N–H and O–H groups in total. The lowest BCUT2D eigenvalue weighted by Gasteiger charge is -2.45. The van der Waals surface area contributed by atoms with Crippen molar-refractivity contribution in [3.63, 3.8) is 0 Å². The van der Waals surface area contributed by atoms with Crippen LogP contribution in [0.3, 0.4) is 0 Å². The number of nitrogens with one attached hydrogen (secondary N) is 1. The molecular formula is C18H24N8O2. The predicted molar refractivity (Wildman–Crippen MR) is 106 cm³/mol. The van der Waals surface area contributed by atoms with Crippen LogP contribution in [0, 0.1) is 0 Å². The number of anilines is 2. The van der Waals surface area contributed by atoms with Gasteiger partial charge in [0, 0.05) is 38.7 Å². The lowest BCUT2D eigenvalue weighted by atomic mass is 9.96.